The predicted molar refractivity (Wildman–Crippen MR) is 144 cm³/mol. The van der Waals surface area contributed by atoms with Crippen molar-refractivity contribution in [2.45, 2.75) is 58.1 Å². The molecule has 1 saturated heterocycles. The van der Waals surface area contributed by atoms with Crippen LogP contribution in [0, 0.1) is 11.2 Å². The number of aromatic nitrogens is 2. The molecule has 1 saturated carbocycles. The summed E-state index contributed by atoms with van der Waals surface area (Å²) in [6.07, 6.45) is 6.91. The Labute approximate surface area is 221 Å². The summed E-state index contributed by atoms with van der Waals surface area (Å²) in [6.45, 7) is 4.91. The molecule has 1 aliphatic carbocycles. The number of piperidine rings is 1. The molecule has 1 aliphatic heterocycles. The summed E-state index contributed by atoms with van der Waals surface area (Å²) in [7, 11) is 0. The molecule has 8 nitrogen and oxygen atoms in total. The molecule has 1 aromatic carbocycles. The fourth-order valence-electron chi connectivity index (χ4n) is 5.51. The summed E-state index contributed by atoms with van der Waals surface area (Å²) < 4.78 is 14.9. The van der Waals surface area contributed by atoms with Gasteiger partial charge in [0, 0.05) is 44.5 Å². The summed E-state index contributed by atoms with van der Waals surface area (Å²) in [6, 6.07) is 7.61. The van der Waals surface area contributed by atoms with Gasteiger partial charge in [0.05, 0.1) is 11.5 Å². The SMILES string of the molecule is CC1(CCNC(=O)c2c(O)c3cc(-c4ccc(F)cc4)cnc3n(CCN3CCC(O)CC3)c2=O)CCC1. The van der Waals surface area contributed by atoms with Gasteiger partial charge >= 0.3 is 0 Å². The van der Waals surface area contributed by atoms with Crippen molar-refractivity contribution in [3.8, 4) is 16.9 Å². The highest BCUT2D eigenvalue weighted by Gasteiger charge is 2.31. The van der Waals surface area contributed by atoms with Gasteiger partial charge in [-0.05, 0) is 61.3 Å². The van der Waals surface area contributed by atoms with Crippen molar-refractivity contribution in [3.05, 3.63) is 58.3 Å². The van der Waals surface area contributed by atoms with Crippen LogP contribution in [0.2, 0.25) is 0 Å². The van der Waals surface area contributed by atoms with Crippen LogP contribution in [0.15, 0.2) is 41.3 Å². The zero-order valence-electron chi connectivity index (χ0n) is 21.8. The van der Waals surface area contributed by atoms with E-state index < -0.39 is 17.2 Å². The van der Waals surface area contributed by atoms with Gasteiger partial charge in [-0.2, -0.15) is 0 Å². The van der Waals surface area contributed by atoms with E-state index in [0.717, 1.165) is 32.4 Å². The van der Waals surface area contributed by atoms with E-state index in [1.165, 1.54) is 23.1 Å². The number of aliphatic hydroxyl groups is 1. The molecule has 1 amide bonds. The van der Waals surface area contributed by atoms with Gasteiger partial charge in [0.25, 0.3) is 11.5 Å². The lowest BCUT2D eigenvalue weighted by molar-refractivity contribution is 0.0808. The van der Waals surface area contributed by atoms with Gasteiger partial charge < -0.3 is 20.4 Å². The maximum atomic E-state index is 13.6. The minimum Gasteiger partial charge on any atom is -0.506 e. The van der Waals surface area contributed by atoms with E-state index in [4.69, 9.17) is 0 Å². The summed E-state index contributed by atoms with van der Waals surface area (Å²) >= 11 is 0. The van der Waals surface area contributed by atoms with E-state index in [1.807, 2.05) is 0 Å². The lowest BCUT2D eigenvalue weighted by Crippen LogP contribution is -2.40. The number of aliphatic hydroxyl groups excluding tert-OH is 1. The average Bonchev–Trinajstić information content (AvgIpc) is 2.89. The number of nitrogens with zero attached hydrogens (tertiary/aromatic N) is 3. The fourth-order valence-corrected chi connectivity index (χ4v) is 5.51. The molecule has 9 heteroatoms. The number of halogens is 1. The van der Waals surface area contributed by atoms with Crippen LogP contribution in [0.1, 0.15) is 55.8 Å². The molecule has 0 unspecified atom stereocenters. The van der Waals surface area contributed by atoms with E-state index in [-0.39, 0.29) is 40.5 Å². The number of likely N-dealkylation sites (tertiary alicyclic amines) is 1. The van der Waals surface area contributed by atoms with E-state index in [1.54, 1.807) is 24.4 Å². The molecule has 2 aliphatic rings. The molecule has 0 bridgehead atoms. The van der Waals surface area contributed by atoms with Crippen LogP contribution in [0.25, 0.3) is 22.2 Å². The molecular formula is C29H35FN4O4. The van der Waals surface area contributed by atoms with Crippen molar-refractivity contribution < 1.29 is 19.4 Å². The van der Waals surface area contributed by atoms with Gasteiger partial charge in [-0.25, -0.2) is 9.37 Å². The van der Waals surface area contributed by atoms with Crippen LogP contribution >= 0.6 is 0 Å². The highest BCUT2D eigenvalue weighted by molar-refractivity contribution is 6.02. The first-order valence-electron chi connectivity index (χ1n) is 13.4. The van der Waals surface area contributed by atoms with E-state index in [0.29, 0.717) is 37.1 Å². The highest BCUT2D eigenvalue weighted by atomic mass is 19.1. The summed E-state index contributed by atoms with van der Waals surface area (Å²) in [5, 5.41) is 24.1. The first kappa shape index (κ1) is 26.3. The first-order chi connectivity index (χ1) is 18.2. The van der Waals surface area contributed by atoms with Crippen molar-refractivity contribution >= 4 is 16.9 Å². The Balaban J connectivity index is 1.49. The topological polar surface area (TPSA) is 108 Å². The monoisotopic (exact) mass is 522 g/mol. The molecule has 2 fully saturated rings. The van der Waals surface area contributed by atoms with Crippen LogP contribution < -0.4 is 10.9 Å². The highest BCUT2D eigenvalue weighted by Crippen LogP contribution is 2.42. The quantitative estimate of drug-likeness (QED) is 0.417. The predicted octanol–water partition coefficient (Wildman–Crippen LogP) is 3.68. The molecule has 38 heavy (non-hydrogen) atoms. The second-order valence-corrected chi connectivity index (χ2v) is 11.0. The van der Waals surface area contributed by atoms with Crippen LogP contribution in [0.5, 0.6) is 5.75 Å². The molecule has 0 atom stereocenters. The minimum absolute atomic E-state index is 0.217. The van der Waals surface area contributed by atoms with Gasteiger partial charge in [-0.1, -0.05) is 25.5 Å². The number of carbonyl (C=O) groups is 1. The first-order valence-corrected chi connectivity index (χ1v) is 13.4. The third kappa shape index (κ3) is 5.44. The van der Waals surface area contributed by atoms with Gasteiger partial charge in [-0.3, -0.25) is 14.2 Å². The van der Waals surface area contributed by atoms with Gasteiger partial charge in [-0.15, -0.1) is 0 Å². The third-order valence-corrected chi connectivity index (χ3v) is 8.25. The van der Waals surface area contributed by atoms with Crippen LogP contribution in [-0.2, 0) is 6.54 Å². The van der Waals surface area contributed by atoms with Crippen molar-refractivity contribution in [1.29, 1.82) is 0 Å². The number of nitrogens with one attached hydrogen (secondary N) is 1. The molecule has 3 N–H and O–H groups in total. The van der Waals surface area contributed by atoms with Gasteiger partial charge in [0.2, 0.25) is 0 Å². The van der Waals surface area contributed by atoms with E-state index in [2.05, 4.69) is 22.1 Å². The molecule has 0 spiro atoms. The van der Waals surface area contributed by atoms with Gasteiger partial charge in [0.1, 0.15) is 22.8 Å². The summed E-state index contributed by atoms with van der Waals surface area (Å²) in [4.78, 5) is 33.5. The zero-order valence-corrected chi connectivity index (χ0v) is 21.8. The number of fused-ring (bicyclic) bond motifs is 1. The molecule has 3 heterocycles. The maximum absolute atomic E-state index is 13.6. The molecule has 202 valence electrons. The Morgan fingerprint density at radius 1 is 1.16 bits per heavy atom. The number of aromatic hydroxyl groups is 1. The van der Waals surface area contributed by atoms with Crippen LogP contribution in [0.3, 0.4) is 0 Å². The van der Waals surface area contributed by atoms with Crippen molar-refractivity contribution in [3.63, 3.8) is 0 Å². The maximum Gasteiger partial charge on any atom is 0.268 e. The summed E-state index contributed by atoms with van der Waals surface area (Å²) in [5.41, 5.74) is 0.963. The lowest BCUT2D eigenvalue weighted by atomic mass is 9.68. The third-order valence-electron chi connectivity index (χ3n) is 8.25. The normalized spacial score (nSPS) is 17.9. The lowest BCUT2D eigenvalue weighted by Gasteiger charge is -2.38. The summed E-state index contributed by atoms with van der Waals surface area (Å²) in [5.74, 6) is -1.36. The zero-order chi connectivity index (χ0) is 26.9. The minimum atomic E-state index is -0.598. The average molecular weight is 523 g/mol. The number of hydrogen-bond donors (Lipinski definition) is 3. The second-order valence-electron chi connectivity index (χ2n) is 11.0. The standard InChI is InChI=1S/C29H35FN4O4/c1-29(9-2-10-29)11-12-31-27(37)24-25(36)23-17-20(19-3-5-21(30)6-4-19)18-32-26(23)34(28(24)38)16-15-33-13-7-22(35)8-14-33/h3-6,17-18,22,35-36H,2,7-16H2,1H3,(H,31,37). The number of hydrogen-bond acceptors (Lipinski definition) is 6. The Morgan fingerprint density at radius 2 is 1.87 bits per heavy atom. The number of carbonyl (C=O) groups excluding carboxylic acids is 1. The van der Waals surface area contributed by atoms with E-state index >= 15 is 0 Å². The molecule has 5 rings (SSSR count). The van der Waals surface area contributed by atoms with Crippen molar-refractivity contribution in [2.75, 3.05) is 26.2 Å². The van der Waals surface area contributed by atoms with E-state index in [9.17, 15) is 24.2 Å². The fraction of sp³-hybridized carbons (Fsp3) is 0.483. The number of benzene rings is 1. The molecule has 3 aromatic rings. The number of rotatable bonds is 8. The molecule has 0 radical (unpaired) electrons. The Hall–Kier alpha value is -3.30. The smallest absolute Gasteiger partial charge is 0.268 e. The Bertz CT molecular complexity index is 1380. The second kappa shape index (κ2) is 10.8. The number of pyridine rings is 2. The number of amides is 1. The van der Waals surface area contributed by atoms with Gasteiger partial charge in [0.15, 0.2) is 0 Å². The van der Waals surface area contributed by atoms with Crippen LogP contribution in [-0.4, -0.2) is 62.9 Å². The Kier molecular flexibility index (Phi) is 7.49. The molecule has 2 aromatic heterocycles. The van der Waals surface area contributed by atoms with Crippen LogP contribution in [0.4, 0.5) is 4.39 Å². The molecular weight excluding hydrogens is 487 g/mol. The Morgan fingerprint density at radius 3 is 2.53 bits per heavy atom. The largest absolute Gasteiger partial charge is 0.506 e. The van der Waals surface area contributed by atoms with Crippen molar-refractivity contribution in [1.82, 2.24) is 19.8 Å². The van der Waals surface area contributed by atoms with Crippen molar-refractivity contribution in [2.24, 2.45) is 5.41 Å².